The topological polar surface area (TPSA) is 49.4 Å². The number of benzene rings is 2. The normalized spacial score (nSPS) is 15.5. The highest BCUT2D eigenvalue weighted by Gasteiger charge is 2.32. The molecule has 0 radical (unpaired) electrons. The monoisotopic (exact) mass is 464 g/mol. The molecule has 3 rings (SSSR count). The molecule has 1 heterocycles. The number of hydrogen-bond acceptors (Lipinski definition) is 4. The van der Waals surface area contributed by atoms with Gasteiger partial charge in [0.05, 0.1) is 10.6 Å². The van der Waals surface area contributed by atoms with E-state index in [9.17, 15) is 14.0 Å². The van der Waals surface area contributed by atoms with Crippen LogP contribution in [-0.4, -0.2) is 27.6 Å². The van der Waals surface area contributed by atoms with E-state index in [1.807, 2.05) is 18.2 Å². The van der Waals surface area contributed by atoms with Crippen molar-refractivity contribution in [2.24, 2.45) is 0 Å². The van der Waals surface area contributed by atoms with Crippen LogP contribution in [0.25, 0.3) is 6.08 Å². The number of thiocarbonyl (C=S) groups is 1. The van der Waals surface area contributed by atoms with Gasteiger partial charge in [-0.25, -0.2) is 4.39 Å². The first-order chi connectivity index (χ1) is 13.0. The van der Waals surface area contributed by atoms with Gasteiger partial charge in [0.1, 0.15) is 10.1 Å². The smallest absolute Gasteiger partial charge is 0.266 e. The molecule has 138 valence electrons. The lowest BCUT2D eigenvalue weighted by atomic mass is 10.2. The van der Waals surface area contributed by atoms with Crippen molar-refractivity contribution in [3.05, 3.63) is 69.3 Å². The highest BCUT2D eigenvalue weighted by Crippen LogP contribution is 2.33. The fraction of sp³-hybridized carbons (Fsp3) is 0.105. The Bertz CT molecular complexity index is 949. The Morgan fingerprint density at radius 2 is 1.93 bits per heavy atom. The minimum atomic E-state index is -0.407. The summed E-state index contributed by atoms with van der Waals surface area (Å²) in [5.74, 6) is -0.952. The average molecular weight is 465 g/mol. The quantitative estimate of drug-likeness (QED) is 0.508. The molecule has 8 heteroatoms. The molecule has 0 atom stereocenters. The predicted molar refractivity (Wildman–Crippen MR) is 114 cm³/mol. The zero-order chi connectivity index (χ0) is 19.4. The third-order valence-electron chi connectivity index (χ3n) is 3.78. The minimum absolute atomic E-state index is 0.0980. The molecule has 1 N–H and O–H groups in total. The molecule has 1 fully saturated rings. The van der Waals surface area contributed by atoms with Gasteiger partial charge in [0.25, 0.3) is 5.91 Å². The van der Waals surface area contributed by atoms with Gasteiger partial charge in [0.15, 0.2) is 0 Å². The summed E-state index contributed by atoms with van der Waals surface area (Å²) in [4.78, 5) is 26.4. The number of hydrogen-bond donors (Lipinski definition) is 1. The van der Waals surface area contributed by atoms with E-state index in [0.29, 0.717) is 20.5 Å². The molecular weight excluding hydrogens is 451 g/mol. The van der Waals surface area contributed by atoms with Crippen LogP contribution in [0, 0.1) is 5.82 Å². The number of para-hydroxylation sites is 1. The Balaban J connectivity index is 1.63. The third-order valence-corrected chi connectivity index (χ3v) is 5.85. The minimum Gasteiger partial charge on any atom is -0.325 e. The molecule has 1 aliphatic rings. The molecule has 2 aromatic carbocycles. The lowest BCUT2D eigenvalue weighted by Crippen LogP contribution is -2.31. The van der Waals surface area contributed by atoms with Crippen LogP contribution in [0.15, 0.2) is 57.9 Å². The maximum atomic E-state index is 13.8. The van der Waals surface area contributed by atoms with Gasteiger partial charge in [-0.3, -0.25) is 14.5 Å². The third kappa shape index (κ3) is 4.82. The molecule has 27 heavy (non-hydrogen) atoms. The Morgan fingerprint density at radius 1 is 1.22 bits per heavy atom. The highest BCUT2D eigenvalue weighted by atomic mass is 79.9. The van der Waals surface area contributed by atoms with Crippen molar-refractivity contribution in [3.63, 3.8) is 0 Å². The van der Waals surface area contributed by atoms with Gasteiger partial charge in [-0.05, 0) is 40.2 Å². The summed E-state index contributed by atoms with van der Waals surface area (Å²) >= 11 is 9.71. The summed E-state index contributed by atoms with van der Waals surface area (Å²) in [5, 5.41) is 2.78. The van der Waals surface area contributed by atoms with Gasteiger partial charge in [-0.15, -0.1) is 0 Å². The second-order valence-electron chi connectivity index (χ2n) is 5.63. The molecule has 0 spiro atoms. The summed E-state index contributed by atoms with van der Waals surface area (Å²) in [6.07, 6.45) is 1.58. The van der Waals surface area contributed by atoms with Crippen LogP contribution in [0.1, 0.15) is 12.0 Å². The van der Waals surface area contributed by atoms with Crippen molar-refractivity contribution in [1.82, 2.24) is 4.90 Å². The zero-order valence-corrected chi connectivity index (χ0v) is 17.2. The van der Waals surface area contributed by atoms with E-state index < -0.39 is 5.82 Å². The number of nitrogens with zero attached hydrogens (tertiary/aromatic N) is 1. The van der Waals surface area contributed by atoms with E-state index in [1.54, 1.807) is 24.3 Å². The van der Waals surface area contributed by atoms with E-state index >= 15 is 0 Å². The van der Waals surface area contributed by atoms with Gasteiger partial charge in [0, 0.05) is 23.0 Å². The van der Waals surface area contributed by atoms with Crippen LogP contribution >= 0.6 is 39.9 Å². The van der Waals surface area contributed by atoms with E-state index in [4.69, 9.17) is 12.2 Å². The number of amides is 2. The first-order valence-corrected chi connectivity index (χ1v) is 10.0. The fourth-order valence-corrected chi connectivity index (χ4v) is 4.10. The lowest BCUT2D eigenvalue weighted by molar-refractivity contribution is -0.122. The first kappa shape index (κ1) is 19.7. The molecule has 1 saturated heterocycles. The Kier molecular flexibility index (Phi) is 6.41. The molecule has 1 aliphatic heterocycles. The predicted octanol–water partition coefficient (Wildman–Crippen LogP) is 4.82. The number of anilines is 1. The largest absolute Gasteiger partial charge is 0.325 e. The van der Waals surface area contributed by atoms with Gasteiger partial charge >= 0.3 is 0 Å². The summed E-state index contributed by atoms with van der Waals surface area (Å²) < 4.78 is 14.9. The molecule has 0 aliphatic carbocycles. The van der Waals surface area contributed by atoms with Gasteiger partial charge in [0.2, 0.25) is 5.91 Å². The van der Waals surface area contributed by atoms with Gasteiger partial charge in [-0.2, -0.15) is 0 Å². The van der Waals surface area contributed by atoms with Crippen LogP contribution in [0.3, 0.4) is 0 Å². The molecule has 2 amide bonds. The van der Waals surface area contributed by atoms with E-state index in [1.165, 1.54) is 17.0 Å². The Morgan fingerprint density at radius 3 is 2.67 bits per heavy atom. The van der Waals surface area contributed by atoms with E-state index in [-0.39, 0.29) is 24.8 Å². The second-order valence-corrected chi connectivity index (χ2v) is 8.16. The number of nitrogens with one attached hydrogen (secondary N) is 1. The van der Waals surface area contributed by atoms with Crippen molar-refractivity contribution in [1.29, 1.82) is 0 Å². The first-order valence-electron chi connectivity index (χ1n) is 8.00. The van der Waals surface area contributed by atoms with Crippen LogP contribution in [0.2, 0.25) is 0 Å². The van der Waals surface area contributed by atoms with Crippen LogP contribution in [0.5, 0.6) is 0 Å². The maximum absolute atomic E-state index is 13.8. The zero-order valence-electron chi connectivity index (χ0n) is 13.9. The summed E-state index contributed by atoms with van der Waals surface area (Å²) in [5.41, 5.74) is 0.983. The Labute approximate surface area is 173 Å². The van der Waals surface area contributed by atoms with Crippen molar-refractivity contribution in [2.45, 2.75) is 6.42 Å². The van der Waals surface area contributed by atoms with E-state index in [0.717, 1.165) is 16.2 Å². The molecule has 0 saturated carbocycles. The van der Waals surface area contributed by atoms with Crippen molar-refractivity contribution in [3.8, 4) is 0 Å². The molecular formula is C19H14BrFN2O2S2. The fourth-order valence-electron chi connectivity index (χ4n) is 2.41. The summed E-state index contributed by atoms with van der Waals surface area (Å²) in [6, 6.07) is 13.5. The SMILES string of the molecule is O=C(CCN1C(=O)/C(=C/c2ccccc2F)SC1=S)Nc1ccccc1Br. The molecule has 0 aromatic heterocycles. The summed E-state index contributed by atoms with van der Waals surface area (Å²) in [6.45, 7) is 0.162. The number of thioether (sulfide) groups is 1. The molecule has 0 unspecified atom stereocenters. The van der Waals surface area contributed by atoms with Gasteiger partial charge < -0.3 is 5.32 Å². The molecule has 0 bridgehead atoms. The highest BCUT2D eigenvalue weighted by molar-refractivity contribution is 9.10. The number of carbonyl (C=O) groups is 2. The van der Waals surface area contributed by atoms with Crippen molar-refractivity contribution in [2.75, 3.05) is 11.9 Å². The van der Waals surface area contributed by atoms with E-state index in [2.05, 4.69) is 21.2 Å². The standard InChI is InChI=1S/C19H14BrFN2O2S2/c20-13-6-2-4-8-15(13)22-17(24)9-10-23-18(25)16(27-19(23)26)11-12-5-1-3-7-14(12)21/h1-8,11H,9-10H2,(H,22,24)/b16-11-. The average Bonchev–Trinajstić information content (AvgIpc) is 2.90. The van der Waals surface area contributed by atoms with Crippen molar-refractivity contribution >= 4 is 67.8 Å². The van der Waals surface area contributed by atoms with Crippen LogP contribution in [0.4, 0.5) is 10.1 Å². The number of rotatable bonds is 5. The lowest BCUT2D eigenvalue weighted by Gasteiger charge is -2.14. The summed E-state index contributed by atoms with van der Waals surface area (Å²) in [7, 11) is 0. The van der Waals surface area contributed by atoms with Crippen molar-refractivity contribution < 1.29 is 14.0 Å². The maximum Gasteiger partial charge on any atom is 0.266 e. The van der Waals surface area contributed by atoms with Gasteiger partial charge in [-0.1, -0.05) is 54.3 Å². The molecule has 4 nitrogen and oxygen atoms in total. The van der Waals surface area contributed by atoms with Crippen LogP contribution in [-0.2, 0) is 9.59 Å². The van der Waals surface area contributed by atoms with Crippen LogP contribution < -0.4 is 5.32 Å². The number of halogens is 2. The molecule has 2 aromatic rings. The Hall–Kier alpha value is -2.03. The second kappa shape index (κ2) is 8.77. The number of carbonyl (C=O) groups excluding carboxylic acids is 2.